The summed E-state index contributed by atoms with van der Waals surface area (Å²) in [6.07, 6.45) is 3.05. The second kappa shape index (κ2) is 5.67. The van der Waals surface area contributed by atoms with E-state index < -0.39 is 5.60 Å². The molecule has 2 aromatic rings. The fourth-order valence-electron chi connectivity index (χ4n) is 2.53. The number of nitrogens with one attached hydrogen (secondary N) is 1. The first-order chi connectivity index (χ1) is 9.51. The summed E-state index contributed by atoms with van der Waals surface area (Å²) in [5, 5.41) is 15.0. The van der Waals surface area contributed by atoms with Gasteiger partial charge in [0.15, 0.2) is 0 Å². The third kappa shape index (κ3) is 2.56. The first-order valence-electron chi connectivity index (χ1n) is 7.14. The maximum atomic E-state index is 10.6. The Balaban J connectivity index is 2.41. The monoisotopic (exact) mass is 273 g/mol. The lowest BCUT2D eigenvalue weighted by Gasteiger charge is -2.34. The average Bonchev–Trinajstić information content (AvgIpc) is 2.49. The van der Waals surface area contributed by atoms with Gasteiger partial charge >= 0.3 is 0 Å². The number of aliphatic hydroxyl groups is 1. The van der Waals surface area contributed by atoms with Crippen molar-refractivity contribution >= 4 is 22.3 Å². The maximum Gasteiger partial charge on any atom is 0.0839 e. The van der Waals surface area contributed by atoms with Gasteiger partial charge in [0.2, 0.25) is 0 Å². The van der Waals surface area contributed by atoms with Crippen molar-refractivity contribution in [1.29, 1.82) is 0 Å². The Morgan fingerprint density at radius 3 is 2.60 bits per heavy atom. The number of hydrogen-bond acceptors (Lipinski definition) is 4. The van der Waals surface area contributed by atoms with Gasteiger partial charge in [-0.1, -0.05) is 32.0 Å². The molecule has 1 aromatic heterocycles. The largest absolute Gasteiger partial charge is 0.396 e. The third-order valence-electron chi connectivity index (χ3n) is 4.20. The van der Waals surface area contributed by atoms with Crippen LogP contribution in [-0.4, -0.2) is 21.7 Å². The molecule has 0 radical (unpaired) electrons. The Labute approximate surface area is 120 Å². The highest BCUT2D eigenvalue weighted by Gasteiger charge is 2.30. The van der Waals surface area contributed by atoms with Crippen LogP contribution < -0.4 is 11.1 Å². The molecule has 0 bridgehead atoms. The van der Waals surface area contributed by atoms with Crippen LogP contribution in [0.3, 0.4) is 0 Å². The van der Waals surface area contributed by atoms with E-state index in [4.69, 9.17) is 5.73 Å². The molecule has 0 aliphatic rings. The van der Waals surface area contributed by atoms with Crippen LogP contribution in [0.5, 0.6) is 0 Å². The molecule has 108 valence electrons. The second-order valence-electron chi connectivity index (χ2n) is 5.28. The zero-order valence-corrected chi connectivity index (χ0v) is 12.4. The van der Waals surface area contributed by atoms with Crippen LogP contribution in [0, 0.1) is 0 Å². The predicted octanol–water partition coefficient (Wildman–Crippen LogP) is 3.17. The number of nitrogens with zero attached hydrogens (tertiary/aromatic N) is 1. The van der Waals surface area contributed by atoms with Crippen molar-refractivity contribution in [2.75, 3.05) is 11.1 Å². The molecule has 1 atom stereocenters. The SMILES string of the molecule is CCC(O)(CC)[C@@H](C)Nc1c(N)cnc2ccccc12. The minimum Gasteiger partial charge on any atom is -0.396 e. The first-order valence-corrected chi connectivity index (χ1v) is 7.14. The fourth-order valence-corrected chi connectivity index (χ4v) is 2.53. The summed E-state index contributed by atoms with van der Waals surface area (Å²) in [5.74, 6) is 0. The van der Waals surface area contributed by atoms with Crippen LogP contribution in [0.25, 0.3) is 10.9 Å². The first kappa shape index (κ1) is 14.6. The number of rotatable bonds is 5. The van der Waals surface area contributed by atoms with Gasteiger partial charge in [-0.05, 0) is 25.8 Å². The quantitative estimate of drug-likeness (QED) is 0.782. The molecule has 4 nitrogen and oxygen atoms in total. The Bertz CT molecular complexity index is 593. The van der Waals surface area contributed by atoms with Crippen molar-refractivity contribution in [3.05, 3.63) is 30.5 Å². The molecule has 0 saturated heterocycles. The lowest BCUT2D eigenvalue weighted by molar-refractivity contribution is 0.0181. The number of fused-ring (bicyclic) bond motifs is 1. The summed E-state index contributed by atoms with van der Waals surface area (Å²) in [6.45, 7) is 5.98. The molecule has 0 amide bonds. The smallest absolute Gasteiger partial charge is 0.0839 e. The Morgan fingerprint density at radius 2 is 1.95 bits per heavy atom. The Kier molecular flexibility index (Phi) is 4.14. The zero-order valence-electron chi connectivity index (χ0n) is 12.4. The molecule has 2 rings (SSSR count). The third-order valence-corrected chi connectivity index (χ3v) is 4.20. The van der Waals surface area contributed by atoms with Gasteiger partial charge in [0.05, 0.1) is 34.7 Å². The zero-order chi connectivity index (χ0) is 14.8. The van der Waals surface area contributed by atoms with E-state index in [0.29, 0.717) is 18.5 Å². The van der Waals surface area contributed by atoms with E-state index in [1.54, 1.807) is 6.20 Å². The summed E-state index contributed by atoms with van der Waals surface area (Å²) in [7, 11) is 0. The minimum absolute atomic E-state index is 0.0920. The van der Waals surface area contributed by atoms with Crippen molar-refractivity contribution in [2.45, 2.75) is 45.3 Å². The molecule has 1 aromatic carbocycles. The van der Waals surface area contributed by atoms with Crippen molar-refractivity contribution in [1.82, 2.24) is 4.98 Å². The van der Waals surface area contributed by atoms with Gasteiger partial charge in [-0.25, -0.2) is 0 Å². The molecule has 0 fully saturated rings. The highest BCUT2D eigenvalue weighted by atomic mass is 16.3. The van der Waals surface area contributed by atoms with Crippen molar-refractivity contribution in [3.8, 4) is 0 Å². The van der Waals surface area contributed by atoms with E-state index in [0.717, 1.165) is 16.6 Å². The highest BCUT2D eigenvalue weighted by molar-refractivity contribution is 5.96. The number of nitrogen functional groups attached to an aromatic ring is 1. The average molecular weight is 273 g/mol. The standard InChI is InChI=1S/C16H23N3O/c1-4-16(20,5-2)11(3)19-15-12-8-6-7-9-14(12)18-10-13(15)17/h6-11,20H,4-5,17H2,1-3H3,(H,18,19)/t11-/m1/s1. The molecule has 0 unspecified atom stereocenters. The van der Waals surface area contributed by atoms with Crippen LogP contribution in [0.15, 0.2) is 30.5 Å². The summed E-state index contributed by atoms with van der Waals surface area (Å²) >= 11 is 0. The van der Waals surface area contributed by atoms with E-state index in [1.807, 2.05) is 45.0 Å². The highest BCUT2D eigenvalue weighted by Crippen LogP contribution is 2.31. The van der Waals surface area contributed by atoms with Crippen molar-refractivity contribution in [3.63, 3.8) is 0 Å². The van der Waals surface area contributed by atoms with Gasteiger partial charge in [0.1, 0.15) is 0 Å². The molecule has 0 saturated carbocycles. The van der Waals surface area contributed by atoms with Crippen molar-refractivity contribution in [2.24, 2.45) is 0 Å². The normalized spacial score (nSPS) is 13.4. The van der Waals surface area contributed by atoms with Crippen LogP contribution in [-0.2, 0) is 0 Å². The molecule has 0 aliphatic carbocycles. The topological polar surface area (TPSA) is 71.2 Å². The Hall–Kier alpha value is -1.81. The number of benzene rings is 1. The van der Waals surface area contributed by atoms with E-state index in [1.165, 1.54) is 0 Å². The fraction of sp³-hybridized carbons (Fsp3) is 0.438. The van der Waals surface area contributed by atoms with Crippen LogP contribution in [0.4, 0.5) is 11.4 Å². The lowest BCUT2D eigenvalue weighted by Crippen LogP contribution is -2.44. The summed E-state index contributed by atoms with van der Waals surface area (Å²) < 4.78 is 0. The van der Waals surface area contributed by atoms with Gasteiger partial charge < -0.3 is 16.2 Å². The number of nitrogens with two attached hydrogens (primary N) is 1. The molecule has 0 aliphatic heterocycles. The van der Waals surface area contributed by atoms with E-state index in [2.05, 4.69) is 10.3 Å². The lowest BCUT2D eigenvalue weighted by atomic mass is 9.89. The second-order valence-corrected chi connectivity index (χ2v) is 5.28. The summed E-state index contributed by atoms with van der Waals surface area (Å²) in [4.78, 5) is 4.32. The van der Waals surface area contributed by atoms with Crippen LogP contribution in [0.2, 0.25) is 0 Å². The molecular formula is C16H23N3O. The van der Waals surface area contributed by atoms with Gasteiger partial charge in [0.25, 0.3) is 0 Å². The summed E-state index contributed by atoms with van der Waals surface area (Å²) in [5.41, 5.74) is 7.66. The number of pyridine rings is 1. The molecule has 4 heteroatoms. The number of hydrogen-bond donors (Lipinski definition) is 3. The van der Waals surface area contributed by atoms with Gasteiger partial charge in [0, 0.05) is 5.39 Å². The van der Waals surface area contributed by atoms with Crippen LogP contribution in [0.1, 0.15) is 33.6 Å². The van der Waals surface area contributed by atoms with E-state index in [-0.39, 0.29) is 6.04 Å². The number of para-hydroxylation sites is 1. The van der Waals surface area contributed by atoms with E-state index in [9.17, 15) is 5.11 Å². The van der Waals surface area contributed by atoms with Gasteiger partial charge in [-0.15, -0.1) is 0 Å². The molecule has 4 N–H and O–H groups in total. The summed E-state index contributed by atoms with van der Waals surface area (Å²) in [6, 6.07) is 7.77. The molecule has 0 spiro atoms. The van der Waals surface area contributed by atoms with Crippen LogP contribution >= 0.6 is 0 Å². The molecule has 1 heterocycles. The van der Waals surface area contributed by atoms with Gasteiger partial charge in [-0.3, -0.25) is 4.98 Å². The predicted molar refractivity (Wildman–Crippen MR) is 84.8 cm³/mol. The van der Waals surface area contributed by atoms with Gasteiger partial charge in [-0.2, -0.15) is 0 Å². The Morgan fingerprint density at radius 1 is 1.30 bits per heavy atom. The maximum absolute atomic E-state index is 10.6. The minimum atomic E-state index is -0.739. The van der Waals surface area contributed by atoms with E-state index >= 15 is 0 Å². The number of anilines is 2. The number of aromatic nitrogens is 1. The molecule has 20 heavy (non-hydrogen) atoms. The molecular weight excluding hydrogens is 250 g/mol. The van der Waals surface area contributed by atoms with Crippen molar-refractivity contribution < 1.29 is 5.11 Å².